The molecule has 2 aromatic carbocycles. The molecule has 1 aliphatic rings. The fourth-order valence-corrected chi connectivity index (χ4v) is 3.45. The van der Waals surface area contributed by atoms with Crippen molar-refractivity contribution in [3.05, 3.63) is 48.0 Å². The third-order valence-electron chi connectivity index (χ3n) is 5.08. The highest BCUT2D eigenvalue weighted by molar-refractivity contribution is 6.00. The zero-order chi connectivity index (χ0) is 21.5. The van der Waals surface area contributed by atoms with Gasteiger partial charge in [-0.15, -0.1) is 0 Å². The van der Waals surface area contributed by atoms with Gasteiger partial charge in [-0.25, -0.2) is 0 Å². The highest BCUT2D eigenvalue weighted by Gasteiger charge is 2.33. The molecule has 0 spiro atoms. The second-order valence-corrected chi connectivity index (χ2v) is 7.01. The number of carbonyl (C=O) groups excluding carboxylic acids is 2. The predicted molar refractivity (Wildman–Crippen MR) is 114 cm³/mol. The van der Waals surface area contributed by atoms with Crippen molar-refractivity contribution in [2.24, 2.45) is 0 Å². The quantitative estimate of drug-likeness (QED) is 0.685. The zero-order valence-electron chi connectivity index (χ0n) is 17.6. The summed E-state index contributed by atoms with van der Waals surface area (Å²) in [6.45, 7) is 2.73. The monoisotopic (exact) mass is 412 g/mol. The molecule has 0 aliphatic carbocycles. The van der Waals surface area contributed by atoms with Gasteiger partial charge in [0, 0.05) is 19.5 Å². The Hall–Kier alpha value is -3.22. The Bertz CT molecular complexity index is 899. The molecule has 160 valence electrons. The number of fused-ring (bicyclic) bond motifs is 1. The first-order valence-electron chi connectivity index (χ1n) is 10.1. The highest BCUT2D eigenvalue weighted by atomic mass is 16.5. The standard InChI is InChI=1S/C23H28N2O5/c1-4-18-23(27)25(17-7-5-6-8-19(17)30-18)14-12-22(26)24-13-11-16-9-10-20(28-2)21(15-16)29-3/h5-10,15,18H,4,11-14H2,1-3H3,(H,24,26). The Morgan fingerprint density at radius 1 is 1.13 bits per heavy atom. The zero-order valence-corrected chi connectivity index (χ0v) is 17.6. The Kier molecular flexibility index (Phi) is 7.17. The Balaban J connectivity index is 1.53. The fraction of sp³-hybridized carbons (Fsp3) is 0.391. The number of nitrogens with one attached hydrogen (secondary N) is 1. The maximum Gasteiger partial charge on any atom is 0.268 e. The molecule has 0 fully saturated rings. The molecular formula is C23H28N2O5. The predicted octanol–water partition coefficient (Wildman–Crippen LogP) is 2.96. The van der Waals surface area contributed by atoms with Crippen LogP contribution in [0, 0.1) is 0 Å². The summed E-state index contributed by atoms with van der Waals surface area (Å²) in [7, 11) is 3.19. The van der Waals surface area contributed by atoms with E-state index in [1.807, 2.05) is 49.4 Å². The SMILES string of the molecule is CCC1Oc2ccccc2N(CCC(=O)NCCc2ccc(OC)c(OC)c2)C1=O. The molecule has 7 nitrogen and oxygen atoms in total. The summed E-state index contributed by atoms with van der Waals surface area (Å²) in [6, 6.07) is 13.1. The summed E-state index contributed by atoms with van der Waals surface area (Å²) >= 11 is 0. The second-order valence-electron chi connectivity index (χ2n) is 7.01. The molecule has 2 amide bonds. The van der Waals surface area contributed by atoms with Crippen LogP contribution in [0.5, 0.6) is 17.2 Å². The highest BCUT2D eigenvalue weighted by Crippen LogP contribution is 2.34. The smallest absolute Gasteiger partial charge is 0.268 e. The average Bonchev–Trinajstić information content (AvgIpc) is 2.77. The van der Waals surface area contributed by atoms with Crippen molar-refractivity contribution < 1.29 is 23.8 Å². The van der Waals surface area contributed by atoms with Gasteiger partial charge in [0.2, 0.25) is 5.91 Å². The average molecular weight is 412 g/mol. The van der Waals surface area contributed by atoms with Crippen LogP contribution in [0.2, 0.25) is 0 Å². The molecule has 0 bridgehead atoms. The number of hydrogen-bond acceptors (Lipinski definition) is 5. The van der Waals surface area contributed by atoms with Crippen molar-refractivity contribution in [3.63, 3.8) is 0 Å². The maximum atomic E-state index is 12.7. The molecule has 1 N–H and O–H groups in total. The molecule has 0 saturated carbocycles. The summed E-state index contributed by atoms with van der Waals surface area (Å²) in [5, 5.41) is 2.92. The van der Waals surface area contributed by atoms with Gasteiger partial charge in [-0.05, 0) is 42.7 Å². The molecule has 1 unspecified atom stereocenters. The van der Waals surface area contributed by atoms with Gasteiger partial charge in [-0.2, -0.15) is 0 Å². The second kappa shape index (κ2) is 10.0. The Morgan fingerprint density at radius 3 is 2.63 bits per heavy atom. The lowest BCUT2D eigenvalue weighted by atomic mass is 10.1. The molecule has 0 radical (unpaired) electrons. The first-order valence-corrected chi connectivity index (χ1v) is 10.1. The topological polar surface area (TPSA) is 77.1 Å². The van der Waals surface area contributed by atoms with E-state index in [2.05, 4.69) is 5.32 Å². The number of amides is 2. The number of methoxy groups -OCH3 is 2. The Labute approximate surface area is 176 Å². The summed E-state index contributed by atoms with van der Waals surface area (Å²) in [6.07, 6.45) is 0.973. The van der Waals surface area contributed by atoms with Gasteiger partial charge < -0.3 is 24.4 Å². The van der Waals surface area contributed by atoms with E-state index >= 15 is 0 Å². The van der Waals surface area contributed by atoms with E-state index in [4.69, 9.17) is 14.2 Å². The molecular weight excluding hydrogens is 384 g/mol. The van der Waals surface area contributed by atoms with E-state index in [-0.39, 0.29) is 18.2 Å². The number of nitrogens with zero attached hydrogens (tertiary/aromatic N) is 1. The third kappa shape index (κ3) is 4.84. The van der Waals surface area contributed by atoms with Crippen molar-refractivity contribution in [2.45, 2.75) is 32.3 Å². The lowest BCUT2D eigenvalue weighted by molar-refractivity contribution is -0.126. The molecule has 0 aromatic heterocycles. The van der Waals surface area contributed by atoms with Gasteiger partial charge in [0.15, 0.2) is 17.6 Å². The van der Waals surface area contributed by atoms with Gasteiger partial charge in [0.1, 0.15) is 5.75 Å². The molecule has 7 heteroatoms. The van der Waals surface area contributed by atoms with Crippen molar-refractivity contribution in [1.82, 2.24) is 5.32 Å². The van der Waals surface area contributed by atoms with Crippen LogP contribution in [-0.2, 0) is 16.0 Å². The minimum absolute atomic E-state index is 0.0969. The number of benzene rings is 2. The van der Waals surface area contributed by atoms with Crippen LogP contribution in [0.3, 0.4) is 0 Å². The summed E-state index contributed by atoms with van der Waals surface area (Å²) in [5.41, 5.74) is 1.75. The van der Waals surface area contributed by atoms with Gasteiger partial charge in [0.05, 0.1) is 19.9 Å². The molecule has 30 heavy (non-hydrogen) atoms. The number of ether oxygens (including phenoxy) is 3. The largest absolute Gasteiger partial charge is 0.493 e. The van der Waals surface area contributed by atoms with Crippen LogP contribution in [0.15, 0.2) is 42.5 Å². The number of hydrogen-bond donors (Lipinski definition) is 1. The van der Waals surface area contributed by atoms with Gasteiger partial charge in [-0.3, -0.25) is 9.59 Å². The van der Waals surface area contributed by atoms with Gasteiger partial charge in [0.25, 0.3) is 5.91 Å². The minimum Gasteiger partial charge on any atom is -0.493 e. The molecule has 2 aromatic rings. The molecule has 1 heterocycles. The third-order valence-corrected chi connectivity index (χ3v) is 5.08. The van der Waals surface area contributed by atoms with E-state index in [0.29, 0.717) is 48.9 Å². The molecule has 3 rings (SSSR count). The van der Waals surface area contributed by atoms with E-state index in [1.165, 1.54) is 0 Å². The van der Waals surface area contributed by atoms with Crippen molar-refractivity contribution in [3.8, 4) is 17.2 Å². The van der Waals surface area contributed by atoms with Crippen LogP contribution in [0.1, 0.15) is 25.3 Å². The fourth-order valence-electron chi connectivity index (χ4n) is 3.45. The summed E-state index contributed by atoms with van der Waals surface area (Å²) in [5.74, 6) is 1.81. The van der Waals surface area contributed by atoms with Crippen molar-refractivity contribution in [2.75, 3.05) is 32.2 Å². The van der Waals surface area contributed by atoms with Crippen LogP contribution in [0.4, 0.5) is 5.69 Å². The molecule has 1 aliphatic heterocycles. The Morgan fingerprint density at radius 2 is 1.90 bits per heavy atom. The van der Waals surface area contributed by atoms with E-state index in [0.717, 1.165) is 5.56 Å². The van der Waals surface area contributed by atoms with E-state index in [9.17, 15) is 9.59 Å². The van der Waals surface area contributed by atoms with Crippen LogP contribution in [-0.4, -0.2) is 45.2 Å². The lowest BCUT2D eigenvalue weighted by Gasteiger charge is -2.33. The van der Waals surface area contributed by atoms with E-state index in [1.54, 1.807) is 19.1 Å². The first kappa shape index (κ1) is 21.5. The maximum absolute atomic E-state index is 12.7. The van der Waals surface area contributed by atoms with Crippen molar-refractivity contribution >= 4 is 17.5 Å². The first-order chi connectivity index (χ1) is 14.6. The van der Waals surface area contributed by atoms with Crippen LogP contribution in [0.25, 0.3) is 0 Å². The van der Waals surface area contributed by atoms with Crippen LogP contribution < -0.4 is 24.4 Å². The molecule has 0 saturated heterocycles. The summed E-state index contributed by atoms with van der Waals surface area (Å²) < 4.78 is 16.3. The normalized spacial score (nSPS) is 15.2. The van der Waals surface area contributed by atoms with Crippen molar-refractivity contribution in [1.29, 1.82) is 0 Å². The number of anilines is 1. The van der Waals surface area contributed by atoms with Gasteiger partial charge in [-0.1, -0.05) is 25.1 Å². The molecule has 1 atom stereocenters. The van der Waals surface area contributed by atoms with E-state index < -0.39 is 6.10 Å². The van der Waals surface area contributed by atoms with Crippen LogP contribution >= 0.6 is 0 Å². The van der Waals surface area contributed by atoms with Gasteiger partial charge >= 0.3 is 0 Å². The summed E-state index contributed by atoms with van der Waals surface area (Å²) in [4.78, 5) is 26.7. The number of rotatable bonds is 9. The minimum atomic E-state index is -0.506. The number of carbonyl (C=O) groups is 2. The number of para-hydroxylation sites is 2. The lowest BCUT2D eigenvalue weighted by Crippen LogP contribution is -2.46.